The third-order valence-corrected chi connectivity index (χ3v) is 18.6. The van der Waals surface area contributed by atoms with Gasteiger partial charge in [0.25, 0.3) is 0 Å². The molecule has 1 unspecified atom stereocenters. The number of aliphatic hydroxyl groups excluding tert-OH is 7. The van der Waals surface area contributed by atoms with Crippen LogP contribution in [0.15, 0.2) is 115 Å². The van der Waals surface area contributed by atoms with Crippen molar-refractivity contribution < 1.29 is 93.4 Å². The van der Waals surface area contributed by atoms with E-state index < -0.39 is 178 Å². The van der Waals surface area contributed by atoms with E-state index in [4.69, 9.17) is 19.9 Å². The van der Waals surface area contributed by atoms with Gasteiger partial charge in [-0.1, -0.05) is 110 Å². The molecule has 15 N–H and O–H groups in total. The summed E-state index contributed by atoms with van der Waals surface area (Å²) >= 11 is 0. The molecule has 3 heterocycles. The normalized spacial score (nSPS) is 24.9. The molecular formula is C69H83N9O19. The number of rotatable bonds is 18. The molecule has 8 amide bonds. The summed E-state index contributed by atoms with van der Waals surface area (Å²) in [5.41, 5.74) is 14.2. The van der Waals surface area contributed by atoms with Gasteiger partial charge >= 0.3 is 12.2 Å². The lowest BCUT2D eigenvalue weighted by molar-refractivity contribution is -0.147. The number of benzene rings is 5. The van der Waals surface area contributed by atoms with Crippen LogP contribution in [-0.4, -0.2) is 242 Å². The van der Waals surface area contributed by atoms with E-state index in [0.29, 0.717) is 0 Å². The van der Waals surface area contributed by atoms with Gasteiger partial charge in [-0.25, -0.2) is 9.59 Å². The molecule has 3 fully saturated rings. The van der Waals surface area contributed by atoms with Crippen molar-refractivity contribution in [1.82, 2.24) is 41.3 Å². The predicted octanol–water partition coefficient (Wildman–Crippen LogP) is -0.580. The minimum atomic E-state index is -2.16. The Labute approximate surface area is 558 Å². The lowest BCUT2D eigenvalue weighted by Gasteiger charge is -2.34. The number of phenolic OH excluding ortho intramolecular Hbond substituents is 1. The van der Waals surface area contributed by atoms with Gasteiger partial charge in [-0.3, -0.25) is 28.8 Å². The Morgan fingerprint density at radius 3 is 1.80 bits per heavy atom. The Balaban J connectivity index is 0.897. The summed E-state index contributed by atoms with van der Waals surface area (Å²) in [7, 11) is 0. The number of phenols is 1. The van der Waals surface area contributed by atoms with Crippen LogP contribution in [0.1, 0.15) is 72.8 Å². The van der Waals surface area contributed by atoms with E-state index in [0.717, 1.165) is 61.2 Å². The number of aromatic hydroxyl groups is 1. The summed E-state index contributed by atoms with van der Waals surface area (Å²) in [5, 5.41) is 102. The number of amides is 8. The van der Waals surface area contributed by atoms with E-state index in [1.165, 1.54) is 30.0 Å². The van der Waals surface area contributed by atoms with Gasteiger partial charge in [0, 0.05) is 63.3 Å². The van der Waals surface area contributed by atoms with E-state index in [1.807, 2.05) is 97.1 Å². The van der Waals surface area contributed by atoms with Crippen LogP contribution in [-0.2, 0) is 44.7 Å². The van der Waals surface area contributed by atoms with Crippen LogP contribution >= 0.6 is 0 Å². The monoisotopic (exact) mass is 1340 g/mol. The number of alkyl carbamates (subject to hydrolysis) is 1. The molecule has 5 aliphatic rings. The highest BCUT2D eigenvalue weighted by Gasteiger charge is 2.50. The van der Waals surface area contributed by atoms with Gasteiger partial charge in [0.1, 0.15) is 50.0 Å². The van der Waals surface area contributed by atoms with E-state index in [2.05, 4.69) is 26.6 Å². The summed E-state index contributed by atoms with van der Waals surface area (Å²) in [6, 6.07) is 23.8. The Bertz CT molecular complexity index is 3620. The van der Waals surface area contributed by atoms with Crippen molar-refractivity contribution in [3.8, 4) is 33.8 Å². The van der Waals surface area contributed by atoms with Crippen molar-refractivity contribution in [1.29, 1.82) is 0 Å². The first-order chi connectivity index (χ1) is 46.5. The molecule has 5 aromatic rings. The van der Waals surface area contributed by atoms with Gasteiger partial charge in [0.15, 0.2) is 11.5 Å². The molecule has 13 atom stereocenters. The third-order valence-electron chi connectivity index (χ3n) is 18.6. The summed E-state index contributed by atoms with van der Waals surface area (Å²) in [6.07, 6.45) is -13.9. The van der Waals surface area contributed by atoms with E-state index >= 15 is 9.59 Å². The average Bonchev–Trinajstić information content (AvgIpc) is 1.65. The van der Waals surface area contributed by atoms with E-state index in [9.17, 15) is 69.6 Å². The molecule has 5 aromatic carbocycles. The summed E-state index contributed by atoms with van der Waals surface area (Å²) < 4.78 is 17.5. The summed E-state index contributed by atoms with van der Waals surface area (Å²) in [4.78, 5) is 117. The number of nitrogens with two attached hydrogens (primary N) is 1. The molecule has 0 radical (unpaired) electrons. The average molecular weight is 1340 g/mol. The van der Waals surface area contributed by atoms with E-state index in [-0.39, 0.29) is 69.1 Å². The lowest BCUT2D eigenvalue weighted by Crippen LogP contribution is -2.64. The van der Waals surface area contributed by atoms with Gasteiger partial charge in [-0.05, 0) is 82.0 Å². The number of β-amino-alcohol motifs (C(OH)–C–C–N with tert-alkyl or cyclic N) is 1. The summed E-state index contributed by atoms with van der Waals surface area (Å²) in [5.74, 6) is -8.79. The maximum absolute atomic E-state index is 15.2. The molecule has 28 heteroatoms. The van der Waals surface area contributed by atoms with Crippen molar-refractivity contribution in [2.24, 2.45) is 11.7 Å². The lowest BCUT2D eigenvalue weighted by atomic mass is 9.98. The van der Waals surface area contributed by atoms with Crippen LogP contribution in [0.5, 0.6) is 11.5 Å². The van der Waals surface area contributed by atoms with Crippen molar-refractivity contribution in [2.75, 3.05) is 65.7 Å². The van der Waals surface area contributed by atoms with Gasteiger partial charge < -0.3 is 102 Å². The van der Waals surface area contributed by atoms with Crippen LogP contribution in [0.2, 0.25) is 0 Å². The minimum Gasteiger partial charge on any atom is -0.504 e. The van der Waals surface area contributed by atoms with Crippen LogP contribution < -0.4 is 37.1 Å². The zero-order chi connectivity index (χ0) is 69.4. The molecule has 28 nitrogen and oxygen atoms in total. The fourth-order valence-electron chi connectivity index (χ4n) is 13.5. The molecule has 0 bridgehead atoms. The Kier molecular flexibility index (Phi) is 22.8. The van der Waals surface area contributed by atoms with Crippen molar-refractivity contribution in [2.45, 2.75) is 124 Å². The zero-order valence-electron chi connectivity index (χ0n) is 53.5. The number of hydrogen-bond acceptors (Lipinski definition) is 20. The Morgan fingerprint density at radius 2 is 1.22 bits per heavy atom. The molecule has 2 aliphatic carbocycles. The number of carbonyl (C=O) groups excluding carboxylic acids is 8. The number of carbonyl (C=O) groups is 8. The van der Waals surface area contributed by atoms with Crippen LogP contribution in [0, 0.1) is 5.92 Å². The zero-order valence-corrected chi connectivity index (χ0v) is 53.5. The molecule has 3 saturated heterocycles. The molecule has 518 valence electrons. The maximum atomic E-state index is 15.2. The number of ether oxygens (including phenoxy) is 3. The fourth-order valence-corrected chi connectivity index (χ4v) is 13.5. The van der Waals surface area contributed by atoms with Gasteiger partial charge in [-0.15, -0.1) is 0 Å². The molecule has 0 spiro atoms. The second-order valence-corrected chi connectivity index (χ2v) is 25.3. The first kappa shape index (κ1) is 70.5. The number of fused-ring (bicyclic) bond motifs is 8. The minimum absolute atomic E-state index is 0.00776. The highest BCUT2D eigenvalue weighted by Crippen LogP contribution is 2.46. The molecule has 97 heavy (non-hydrogen) atoms. The second-order valence-electron chi connectivity index (χ2n) is 25.3. The number of nitrogens with zero attached hydrogens (tertiary/aromatic N) is 3. The fraction of sp³-hybridized carbons (Fsp3) is 0.449. The Hall–Kier alpha value is -9.26. The third kappa shape index (κ3) is 15.9. The van der Waals surface area contributed by atoms with Gasteiger partial charge in [0.2, 0.25) is 35.4 Å². The molecule has 10 rings (SSSR count). The number of nitrogens with one attached hydrogen (secondary N) is 5. The van der Waals surface area contributed by atoms with Crippen molar-refractivity contribution in [3.63, 3.8) is 0 Å². The topological polar surface area (TPSA) is 422 Å². The quantitative estimate of drug-likeness (QED) is 0.0522. The molecule has 0 saturated carbocycles. The van der Waals surface area contributed by atoms with Crippen molar-refractivity contribution in [3.05, 3.63) is 143 Å². The molecular weight excluding hydrogens is 1260 g/mol. The first-order valence-corrected chi connectivity index (χ1v) is 32.4. The first-order valence-electron chi connectivity index (χ1n) is 32.4. The predicted molar refractivity (Wildman–Crippen MR) is 347 cm³/mol. The van der Waals surface area contributed by atoms with Crippen LogP contribution in [0.3, 0.4) is 0 Å². The number of hydrogen-bond donors (Lipinski definition) is 14. The standard InChI is InChI=1S/C69H83N9O19/c1-36-32-78-60(61(36)86)65(90)72-31-39(81)29-51(70)62(87)73-57(37(2)80)66(91)77-33-40(82)30-52(77)63(88)74-58(64(89)75-59(67(78)92)54(84)21-22-71-68(93)96-34-49-45-15-7-3-11-41(45)42-12-4-8-16-46(42)49)55(85)27-38-19-20-53(83)56(28-38)95-26-24-76(23-25-79)69(94)97-35-50-47-17-9-5-13-43(47)44-14-6-10-18-48(44)50/h3-20,28,36-37,39-40,49-52,54-55,57-61,79-86H,21-27,29-35,70H2,1-2H3,(H,71,93)(H,72,90)(H,73,87)(H,74,88)(H,75,89)/t36-,37+,39+,40+,51?,52-,54+,55+,57-,58-,59-,60-,61-/m0/s1. The molecule has 0 aromatic heterocycles. The van der Waals surface area contributed by atoms with E-state index in [1.54, 1.807) is 0 Å². The highest BCUT2D eigenvalue weighted by molar-refractivity contribution is 5.98. The maximum Gasteiger partial charge on any atom is 0.409 e. The van der Waals surface area contributed by atoms with Crippen LogP contribution in [0.25, 0.3) is 22.3 Å². The molecule has 3 aliphatic heterocycles. The smallest absolute Gasteiger partial charge is 0.409 e. The largest absolute Gasteiger partial charge is 0.504 e. The van der Waals surface area contributed by atoms with Crippen LogP contribution in [0.4, 0.5) is 9.59 Å². The van der Waals surface area contributed by atoms with Gasteiger partial charge in [-0.2, -0.15) is 0 Å². The Morgan fingerprint density at radius 1 is 0.660 bits per heavy atom. The second kappa shape index (κ2) is 31.3. The van der Waals surface area contributed by atoms with Crippen molar-refractivity contribution >= 4 is 47.6 Å². The SMILES string of the molecule is C[C@@H](O)[C@@H]1NC(=O)C(N)C[C@@H](O)CNC(=O)[C@@H]2[C@@H](O)[C@@H](C)CN2C(=O)[C@H]([C@H](O)CCNC(=O)OCC2c3ccccc3-c3ccccc32)NC(=O)[C@H]([C@H](O)Cc2ccc(O)c(OCCN(CCO)C(=O)OCC3c4ccccc4-c4ccccc43)c2)NC(=O)[C@@H]2C[C@@H](O)CN2C1=O. The number of aliphatic hydroxyl groups is 7. The van der Waals surface area contributed by atoms with Gasteiger partial charge in [0.05, 0.1) is 55.8 Å². The highest BCUT2D eigenvalue weighted by atomic mass is 16.6. The summed E-state index contributed by atoms with van der Waals surface area (Å²) in [6.45, 7) is -0.256.